The van der Waals surface area contributed by atoms with E-state index in [4.69, 9.17) is 23.7 Å². The predicted octanol–water partition coefficient (Wildman–Crippen LogP) is 2.26. The van der Waals surface area contributed by atoms with Crippen molar-refractivity contribution in [1.29, 1.82) is 0 Å². The van der Waals surface area contributed by atoms with E-state index in [-0.39, 0.29) is 18.8 Å². The molecule has 0 bridgehead atoms. The molecule has 3 aromatic rings. The maximum absolute atomic E-state index is 13.4. The molecule has 0 N–H and O–H groups in total. The standard InChI is InChI=1S/C27H28N4O10S2/c1-12-26(43-27(31-12)17-9-28-6-7-29-17)22(36)20-10-30-21(42-20)8-18-23(38-14(3)33)25(40-16(5)35)24(39-15(4)34)19(41-18)11-37-13(2)32/h6-7,9-10,18-19,23-25H,8,11H2,1-5H3. The predicted molar refractivity (Wildman–Crippen MR) is 149 cm³/mol. The van der Waals surface area contributed by atoms with Gasteiger partial charge in [0.25, 0.3) is 0 Å². The molecule has 43 heavy (non-hydrogen) atoms. The minimum Gasteiger partial charge on any atom is -0.463 e. The van der Waals surface area contributed by atoms with Crippen LogP contribution in [-0.2, 0) is 49.3 Å². The van der Waals surface area contributed by atoms with Crippen molar-refractivity contribution in [2.24, 2.45) is 0 Å². The zero-order valence-corrected chi connectivity index (χ0v) is 25.4. The number of aryl methyl sites for hydroxylation is 1. The zero-order valence-electron chi connectivity index (χ0n) is 23.8. The first-order valence-corrected chi connectivity index (χ1v) is 14.6. The maximum Gasteiger partial charge on any atom is 0.303 e. The van der Waals surface area contributed by atoms with Crippen molar-refractivity contribution in [3.05, 3.63) is 45.2 Å². The average Bonchev–Trinajstić information content (AvgIpc) is 3.57. The molecule has 4 rings (SSSR count). The van der Waals surface area contributed by atoms with Crippen LogP contribution in [-0.4, -0.2) is 86.7 Å². The van der Waals surface area contributed by atoms with Gasteiger partial charge in [-0.1, -0.05) is 0 Å². The van der Waals surface area contributed by atoms with Crippen molar-refractivity contribution in [2.45, 2.75) is 71.6 Å². The average molecular weight is 633 g/mol. The van der Waals surface area contributed by atoms with E-state index in [9.17, 15) is 24.0 Å². The van der Waals surface area contributed by atoms with Crippen molar-refractivity contribution in [2.75, 3.05) is 6.61 Å². The molecule has 1 fully saturated rings. The van der Waals surface area contributed by atoms with Crippen LogP contribution in [0.4, 0.5) is 0 Å². The summed E-state index contributed by atoms with van der Waals surface area (Å²) >= 11 is 2.29. The Balaban J connectivity index is 1.61. The fourth-order valence-corrected chi connectivity index (χ4v) is 6.36. The van der Waals surface area contributed by atoms with Gasteiger partial charge in [-0.05, 0) is 6.92 Å². The Morgan fingerprint density at radius 2 is 1.47 bits per heavy atom. The first-order valence-electron chi connectivity index (χ1n) is 13.0. The molecular weight excluding hydrogens is 604 g/mol. The minimum absolute atomic E-state index is 0.0174. The second-order valence-electron chi connectivity index (χ2n) is 9.41. The number of aromatic nitrogens is 4. The van der Waals surface area contributed by atoms with E-state index in [0.717, 1.165) is 25.2 Å². The summed E-state index contributed by atoms with van der Waals surface area (Å²) < 4.78 is 27.6. The van der Waals surface area contributed by atoms with Crippen molar-refractivity contribution >= 4 is 52.3 Å². The lowest BCUT2D eigenvalue weighted by Gasteiger charge is -2.44. The van der Waals surface area contributed by atoms with Gasteiger partial charge in [0.05, 0.1) is 26.7 Å². The van der Waals surface area contributed by atoms with Gasteiger partial charge in [0.2, 0.25) is 5.78 Å². The Bertz CT molecular complexity index is 1510. The summed E-state index contributed by atoms with van der Waals surface area (Å²) in [4.78, 5) is 78.9. The molecule has 5 atom stereocenters. The normalized spacial score (nSPS) is 21.5. The van der Waals surface area contributed by atoms with Gasteiger partial charge >= 0.3 is 23.9 Å². The van der Waals surface area contributed by atoms with Gasteiger partial charge in [0.1, 0.15) is 29.5 Å². The highest BCUT2D eigenvalue weighted by molar-refractivity contribution is 7.19. The van der Waals surface area contributed by atoms with E-state index in [0.29, 0.717) is 31.2 Å². The topological polar surface area (TPSA) is 183 Å². The lowest BCUT2D eigenvalue weighted by Crippen LogP contribution is -2.62. The number of esters is 4. The molecule has 4 heterocycles. The van der Waals surface area contributed by atoms with Crippen LogP contribution in [0.2, 0.25) is 0 Å². The molecule has 0 radical (unpaired) electrons. The van der Waals surface area contributed by atoms with Crippen molar-refractivity contribution < 1.29 is 47.7 Å². The van der Waals surface area contributed by atoms with Gasteiger partial charge in [-0.15, -0.1) is 22.7 Å². The van der Waals surface area contributed by atoms with Gasteiger partial charge in [-0.25, -0.2) is 9.97 Å². The Kier molecular flexibility index (Phi) is 10.3. The summed E-state index contributed by atoms with van der Waals surface area (Å²) in [6.07, 6.45) is 0.260. The third kappa shape index (κ3) is 8.03. The van der Waals surface area contributed by atoms with Gasteiger partial charge in [-0.3, -0.25) is 33.9 Å². The lowest BCUT2D eigenvalue weighted by atomic mass is 9.92. The summed E-state index contributed by atoms with van der Waals surface area (Å²) in [7, 11) is 0. The van der Waals surface area contributed by atoms with Crippen LogP contribution in [0.25, 0.3) is 10.7 Å². The number of ether oxygens (including phenoxy) is 5. The molecule has 3 aromatic heterocycles. The second-order valence-corrected chi connectivity index (χ2v) is 11.5. The fourth-order valence-electron chi connectivity index (χ4n) is 4.40. The molecule has 14 nitrogen and oxygen atoms in total. The number of ketones is 1. The van der Waals surface area contributed by atoms with E-state index < -0.39 is 54.4 Å². The largest absolute Gasteiger partial charge is 0.463 e. The Hall–Kier alpha value is -4.15. The summed E-state index contributed by atoms with van der Waals surface area (Å²) in [5, 5.41) is 0.997. The molecule has 0 aliphatic carbocycles. The molecule has 0 aromatic carbocycles. The zero-order chi connectivity index (χ0) is 31.3. The van der Waals surface area contributed by atoms with Crippen LogP contribution >= 0.6 is 22.7 Å². The van der Waals surface area contributed by atoms with Gasteiger partial charge in [-0.2, -0.15) is 0 Å². The van der Waals surface area contributed by atoms with E-state index in [2.05, 4.69) is 19.9 Å². The summed E-state index contributed by atoms with van der Waals surface area (Å²) in [6, 6.07) is 0. The molecule has 16 heteroatoms. The number of carbonyl (C=O) groups is 5. The monoisotopic (exact) mass is 632 g/mol. The van der Waals surface area contributed by atoms with Crippen LogP contribution in [0.3, 0.4) is 0 Å². The molecular formula is C27H28N4O10S2. The summed E-state index contributed by atoms with van der Waals surface area (Å²) in [5.74, 6) is -3.05. The molecule has 1 saturated heterocycles. The number of thiazole rings is 2. The Morgan fingerprint density at radius 3 is 2.07 bits per heavy atom. The third-order valence-electron chi connectivity index (χ3n) is 6.03. The van der Waals surface area contributed by atoms with E-state index >= 15 is 0 Å². The molecule has 228 valence electrons. The molecule has 1 aliphatic heterocycles. The van der Waals surface area contributed by atoms with Crippen molar-refractivity contribution in [1.82, 2.24) is 19.9 Å². The first kappa shape index (κ1) is 31.8. The number of nitrogens with zero attached hydrogens (tertiary/aromatic N) is 4. The van der Waals surface area contributed by atoms with E-state index in [1.54, 1.807) is 19.3 Å². The van der Waals surface area contributed by atoms with Gasteiger partial charge in [0.15, 0.2) is 18.3 Å². The third-order valence-corrected chi connectivity index (χ3v) is 8.22. The molecule has 0 saturated carbocycles. The smallest absolute Gasteiger partial charge is 0.303 e. The number of hydrogen-bond acceptors (Lipinski definition) is 16. The van der Waals surface area contributed by atoms with Crippen LogP contribution in [0.1, 0.15) is 52.9 Å². The van der Waals surface area contributed by atoms with Crippen molar-refractivity contribution in [3.63, 3.8) is 0 Å². The second kappa shape index (κ2) is 13.9. The fraction of sp³-hybridized carbons (Fsp3) is 0.444. The number of carbonyl (C=O) groups excluding carboxylic acids is 5. The van der Waals surface area contributed by atoms with Crippen LogP contribution in [0.15, 0.2) is 24.8 Å². The first-order chi connectivity index (χ1) is 20.4. The molecule has 0 spiro atoms. The highest BCUT2D eigenvalue weighted by Gasteiger charge is 2.52. The number of hydrogen-bond donors (Lipinski definition) is 0. The highest BCUT2D eigenvalue weighted by atomic mass is 32.1. The molecule has 5 unspecified atom stereocenters. The minimum atomic E-state index is -1.29. The molecule has 0 amide bonds. The summed E-state index contributed by atoms with van der Waals surface area (Å²) in [5.41, 5.74) is 1.08. The summed E-state index contributed by atoms with van der Waals surface area (Å²) in [6.45, 7) is 6.05. The van der Waals surface area contributed by atoms with E-state index in [1.807, 2.05) is 0 Å². The Morgan fingerprint density at radius 1 is 0.814 bits per heavy atom. The van der Waals surface area contributed by atoms with Crippen LogP contribution in [0, 0.1) is 6.92 Å². The number of rotatable bonds is 10. The SMILES string of the molecule is CC(=O)OCC1OC(Cc2ncc(C(=O)c3sc(-c4cnccn4)nc3C)s2)C(OC(C)=O)C(OC(C)=O)C1OC(C)=O. The highest BCUT2D eigenvalue weighted by Crippen LogP contribution is 2.33. The Labute approximate surface area is 253 Å². The van der Waals surface area contributed by atoms with E-state index in [1.165, 1.54) is 37.6 Å². The van der Waals surface area contributed by atoms with Gasteiger partial charge in [0, 0.05) is 52.7 Å². The van der Waals surface area contributed by atoms with Crippen LogP contribution < -0.4 is 0 Å². The maximum atomic E-state index is 13.4. The van der Waals surface area contributed by atoms with Crippen molar-refractivity contribution in [3.8, 4) is 10.7 Å². The lowest BCUT2D eigenvalue weighted by molar-refractivity contribution is -0.252. The van der Waals surface area contributed by atoms with Crippen LogP contribution in [0.5, 0.6) is 0 Å². The van der Waals surface area contributed by atoms with Gasteiger partial charge < -0.3 is 23.7 Å². The quantitative estimate of drug-likeness (QED) is 0.180. The molecule has 1 aliphatic rings.